The molecule has 3 aromatic rings. The summed E-state index contributed by atoms with van der Waals surface area (Å²) in [5, 5.41) is 5.79. The fourth-order valence-corrected chi connectivity index (χ4v) is 3.11. The monoisotopic (exact) mass is 337 g/mol. The maximum absolute atomic E-state index is 12.2. The maximum atomic E-state index is 12.2. The Morgan fingerprint density at radius 1 is 1.21 bits per heavy atom. The Kier molecular flexibility index (Phi) is 5.01. The number of aromatic nitrogens is 2. The van der Waals surface area contributed by atoms with Crippen molar-refractivity contribution < 1.29 is 4.79 Å². The van der Waals surface area contributed by atoms with Crippen LogP contribution in [0.15, 0.2) is 54.2 Å². The second-order valence-electron chi connectivity index (χ2n) is 5.85. The van der Waals surface area contributed by atoms with Gasteiger partial charge in [-0.3, -0.25) is 9.78 Å². The first-order valence-electron chi connectivity index (χ1n) is 7.86. The summed E-state index contributed by atoms with van der Waals surface area (Å²) in [5.41, 5.74) is 3.74. The van der Waals surface area contributed by atoms with E-state index in [4.69, 9.17) is 0 Å². The Bertz CT molecular complexity index is 810. The number of benzene rings is 1. The molecular weight excluding hydrogens is 318 g/mol. The number of carbonyl (C=O) groups is 1. The Hall–Kier alpha value is -2.53. The zero-order valence-corrected chi connectivity index (χ0v) is 14.5. The van der Waals surface area contributed by atoms with E-state index >= 15 is 0 Å². The number of rotatable bonds is 5. The minimum absolute atomic E-state index is 0.0822. The lowest BCUT2D eigenvalue weighted by molar-refractivity contribution is 0.0950. The van der Waals surface area contributed by atoms with Crippen molar-refractivity contribution in [3.05, 3.63) is 71.0 Å². The van der Waals surface area contributed by atoms with Gasteiger partial charge in [-0.1, -0.05) is 26.0 Å². The van der Waals surface area contributed by atoms with Crippen LogP contribution >= 0.6 is 11.3 Å². The lowest BCUT2D eigenvalue weighted by Gasteiger charge is -2.07. The van der Waals surface area contributed by atoms with E-state index in [0.717, 1.165) is 16.3 Å². The van der Waals surface area contributed by atoms with E-state index in [2.05, 4.69) is 29.1 Å². The third-order valence-electron chi connectivity index (χ3n) is 3.73. The maximum Gasteiger partial charge on any atom is 0.251 e. The molecule has 0 saturated carbocycles. The lowest BCUT2D eigenvalue weighted by atomic mass is 10.0. The van der Waals surface area contributed by atoms with E-state index < -0.39 is 0 Å². The molecule has 1 N–H and O–H groups in total. The Labute approximate surface area is 145 Å². The highest BCUT2D eigenvalue weighted by molar-refractivity contribution is 7.13. The van der Waals surface area contributed by atoms with Gasteiger partial charge in [0.2, 0.25) is 0 Å². The number of nitrogens with one attached hydrogen (secondary N) is 1. The summed E-state index contributed by atoms with van der Waals surface area (Å²) in [6.45, 7) is 4.69. The third-order valence-corrected chi connectivity index (χ3v) is 4.67. The van der Waals surface area contributed by atoms with Crippen molar-refractivity contribution in [1.29, 1.82) is 0 Å². The summed E-state index contributed by atoms with van der Waals surface area (Å²) < 4.78 is 0. The molecule has 122 valence electrons. The lowest BCUT2D eigenvalue weighted by Crippen LogP contribution is -2.22. The van der Waals surface area contributed by atoms with Crippen LogP contribution in [0.3, 0.4) is 0 Å². The van der Waals surface area contributed by atoms with Crippen molar-refractivity contribution in [3.63, 3.8) is 0 Å². The Morgan fingerprint density at radius 3 is 2.67 bits per heavy atom. The molecule has 0 spiro atoms. The first-order valence-corrected chi connectivity index (χ1v) is 8.74. The van der Waals surface area contributed by atoms with Gasteiger partial charge in [0.25, 0.3) is 5.91 Å². The molecule has 24 heavy (non-hydrogen) atoms. The summed E-state index contributed by atoms with van der Waals surface area (Å²) >= 11 is 1.55. The van der Waals surface area contributed by atoms with Gasteiger partial charge < -0.3 is 5.32 Å². The molecule has 0 saturated heterocycles. The predicted octanol–water partition coefficient (Wildman–Crippen LogP) is 4.26. The highest BCUT2D eigenvalue weighted by atomic mass is 32.1. The smallest absolute Gasteiger partial charge is 0.251 e. The van der Waals surface area contributed by atoms with Crippen molar-refractivity contribution in [2.24, 2.45) is 0 Å². The van der Waals surface area contributed by atoms with E-state index in [1.54, 1.807) is 23.7 Å². The fourth-order valence-electron chi connectivity index (χ4n) is 2.30. The number of pyridine rings is 1. The van der Waals surface area contributed by atoms with Gasteiger partial charge in [0.1, 0.15) is 5.01 Å². The van der Waals surface area contributed by atoms with Crippen LogP contribution < -0.4 is 5.32 Å². The average Bonchev–Trinajstić information content (AvgIpc) is 3.09. The summed E-state index contributed by atoms with van der Waals surface area (Å²) in [6, 6.07) is 11.6. The molecular formula is C19H19N3OS. The largest absolute Gasteiger partial charge is 0.346 e. The van der Waals surface area contributed by atoms with Gasteiger partial charge in [0, 0.05) is 28.9 Å². The predicted molar refractivity (Wildman–Crippen MR) is 97.0 cm³/mol. The molecule has 2 heterocycles. The number of thiazole rings is 1. The highest BCUT2D eigenvalue weighted by Crippen LogP contribution is 2.22. The molecule has 2 aromatic heterocycles. The molecule has 0 aliphatic carbocycles. The topological polar surface area (TPSA) is 54.9 Å². The molecule has 0 aliphatic rings. The molecule has 3 rings (SSSR count). The standard InChI is InChI=1S/C19H19N3OS/c1-13(2)14-5-7-15(8-6-14)18(23)21-11-17-12-24-19(22-17)16-4-3-9-20-10-16/h3-10,12-13H,11H2,1-2H3,(H,21,23). The molecule has 0 atom stereocenters. The van der Waals surface area contributed by atoms with Crippen LogP contribution in [0.1, 0.15) is 41.4 Å². The zero-order chi connectivity index (χ0) is 16.9. The molecule has 0 fully saturated rings. The second kappa shape index (κ2) is 7.36. The molecule has 0 aliphatic heterocycles. The Balaban J connectivity index is 1.61. The van der Waals surface area contributed by atoms with Gasteiger partial charge in [0.15, 0.2) is 0 Å². The highest BCUT2D eigenvalue weighted by Gasteiger charge is 2.09. The van der Waals surface area contributed by atoms with Crippen LogP contribution in [0.4, 0.5) is 0 Å². The van der Waals surface area contributed by atoms with Gasteiger partial charge >= 0.3 is 0 Å². The fraction of sp³-hybridized carbons (Fsp3) is 0.211. The van der Waals surface area contributed by atoms with Crippen LogP contribution in [0.25, 0.3) is 10.6 Å². The molecule has 5 heteroatoms. The quantitative estimate of drug-likeness (QED) is 0.757. The SMILES string of the molecule is CC(C)c1ccc(C(=O)NCc2csc(-c3cccnc3)n2)cc1. The minimum atomic E-state index is -0.0822. The van der Waals surface area contributed by atoms with Crippen LogP contribution in [-0.2, 0) is 6.54 Å². The molecule has 0 radical (unpaired) electrons. The van der Waals surface area contributed by atoms with E-state index in [9.17, 15) is 4.79 Å². The molecule has 4 nitrogen and oxygen atoms in total. The van der Waals surface area contributed by atoms with Gasteiger partial charge in [-0.05, 0) is 35.7 Å². The number of nitrogens with zero attached hydrogens (tertiary/aromatic N) is 2. The van der Waals surface area contributed by atoms with E-state index in [-0.39, 0.29) is 5.91 Å². The molecule has 0 bridgehead atoms. The van der Waals surface area contributed by atoms with Crippen molar-refractivity contribution in [2.75, 3.05) is 0 Å². The molecule has 1 aromatic carbocycles. The van der Waals surface area contributed by atoms with Crippen molar-refractivity contribution in [2.45, 2.75) is 26.3 Å². The number of carbonyl (C=O) groups excluding carboxylic acids is 1. The first kappa shape index (κ1) is 16.3. The van der Waals surface area contributed by atoms with Crippen LogP contribution in [0.5, 0.6) is 0 Å². The van der Waals surface area contributed by atoms with Crippen LogP contribution in [0.2, 0.25) is 0 Å². The Morgan fingerprint density at radius 2 is 2.00 bits per heavy atom. The first-order chi connectivity index (χ1) is 11.6. The normalized spacial score (nSPS) is 10.8. The minimum Gasteiger partial charge on any atom is -0.346 e. The third kappa shape index (κ3) is 3.86. The number of hydrogen-bond acceptors (Lipinski definition) is 4. The van der Waals surface area contributed by atoms with E-state index in [1.807, 2.05) is 41.8 Å². The van der Waals surface area contributed by atoms with Gasteiger partial charge in [-0.25, -0.2) is 4.98 Å². The van der Waals surface area contributed by atoms with Gasteiger partial charge in [-0.15, -0.1) is 11.3 Å². The van der Waals surface area contributed by atoms with Crippen molar-refractivity contribution >= 4 is 17.2 Å². The summed E-state index contributed by atoms with van der Waals surface area (Å²) in [7, 11) is 0. The average molecular weight is 337 g/mol. The summed E-state index contributed by atoms with van der Waals surface area (Å²) in [4.78, 5) is 20.9. The van der Waals surface area contributed by atoms with E-state index in [0.29, 0.717) is 18.0 Å². The molecule has 0 unspecified atom stereocenters. The second-order valence-corrected chi connectivity index (χ2v) is 6.70. The summed E-state index contributed by atoms with van der Waals surface area (Å²) in [5.74, 6) is 0.379. The number of hydrogen-bond donors (Lipinski definition) is 1. The van der Waals surface area contributed by atoms with Gasteiger partial charge in [0.05, 0.1) is 12.2 Å². The zero-order valence-electron chi connectivity index (χ0n) is 13.7. The van der Waals surface area contributed by atoms with Crippen LogP contribution in [-0.4, -0.2) is 15.9 Å². The summed E-state index contributed by atoms with van der Waals surface area (Å²) in [6.07, 6.45) is 3.53. The van der Waals surface area contributed by atoms with Crippen molar-refractivity contribution in [1.82, 2.24) is 15.3 Å². The molecule has 1 amide bonds. The van der Waals surface area contributed by atoms with Gasteiger partial charge in [-0.2, -0.15) is 0 Å². The van der Waals surface area contributed by atoms with Crippen LogP contribution in [0, 0.1) is 0 Å². The van der Waals surface area contributed by atoms with E-state index in [1.165, 1.54) is 5.56 Å². The number of amides is 1. The van der Waals surface area contributed by atoms with Crippen molar-refractivity contribution in [3.8, 4) is 10.6 Å².